The number of hydrogen-bond donors (Lipinski definition) is 2. The van der Waals surface area contributed by atoms with Gasteiger partial charge in [0.1, 0.15) is 5.92 Å². The van der Waals surface area contributed by atoms with Crippen molar-refractivity contribution in [2.24, 2.45) is 11.3 Å². The van der Waals surface area contributed by atoms with Crippen LogP contribution in [0.3, 0.4) is 0 Å². The van der Waals surface area contributed by atoms with Crippen molar-refractivity contribution >= 4 is 40.9 Å². The molecule has 26 heavy (non-hydrogen) atoms. The summed E-state index contributed by atoms with van der Waals surface area (Å²) in [5, 5.41) is 24.2. The number of carbonyl (C=O) groups is 2. The number of para-hydroxylation sites is 1. The van der Waals surface area contributed by atoms with Crippen LogP contribution in [0, 0.1) is 34.0 Å². The zero-order valence-corrected chi connectivity index (χ0v) is 16.0. The predicted octanol–water partition coefficient (Wildman–Crippen LogP) is 3.43. The molecule has 1 aromatic carbocycles. The fraction of sp³-hybridized carbons (Fsp3) is 0.333. The van der Waals surface area contributed by atoms with Crippen LogP contribution < -0.4 is 10.6 Å². The third-order valence-corrected chi connectivity index (χ3v) is 5.57. The van der Waals surface area contributed by atoms with Crippen LogP contribution in [0.4, 0.5) is 5.69 Å². The Morgan fingerprint density at radius 3 is 2.62 bits per heavy atom. The fourth-order valence-corrected chi connectivity index (χ4v) is 3.83. The maximum Gasteiger partial charge on any atom is 0.243 e. The summed E-state index contributed by atoms with van der Waals surface area (Å²) in [5.74, 6) is -1.76. The zero-order valence-electron chi connectivity index (χ0n) is 14.5. The van der Waals surface area contributed by atoms with E-state index < -0.39 is 22.5 Å². The molecule has 0 fully saturated rings. The van der Waals surface area contributed by atoms with Gasteiger partial charge >= 0.3 is 0 Å². The van der Waals surface area contributed by atoms with E-state index in [4.69, 9.17) is 11.6 Å². The van der Waals surface area contributed by atoms with E-state index >= 15 is 0 Å². The topological polar surface area (TPSA) is 106 Å². The summed E-state index contributed by atoms with van der Waals surface area (Å²) in [6.07, 6.45) is 0. The van der Waals surface area contributed by atoms with Gasteiger partial charge in [-0.25, -0.2) is 0 Å². The normalized spacial score (nSPS) is 19.8. The average molecular weight is 389 g/mol. The monoisotopic (exact) mass is 388 g/mol. The van der Waals surface area contributed by atoms with Crippen molar-refractivity contribution in [2.75, 3.05) is 5.32 Å². The highest BCUT2D eigenvalue weighted by Gasteiger charge is 2.45. The molecule has 0 aromatic heterocycles. The van der Waals surface area contributed by atoms with E-state index in [0.29, 0.717) is 15.7 Å². The van der Waals surface area contributed by atoms with Gasteiger partial charge in [-0.2, -0.15) is 10.5 Å². The Balaban J connectivity index is 2.23. The summed E-state index contributed by atoms with van der Waals surface area (Å²) < 4.78 is 0. The number of thioether (sulfide) groups is 1. The molecule has 2 rings (SSSR count). The molecule has 1 aliphatic heterocycles. The highest BCUT2D eigenvalue weighted by atomic mass is 35.5. The molecule has 1 heterocycles. The van der Waals surface area contributed by atoms with Crippen LogP contribution in [0.2, 0.25) is 5.02 Å². The Hall–Kier alpha value is -2.48. The number of hydrogen-bond acceptors (Lipinski definition) is 5. The number of carbonyl (C=O) groups excluding carboxylic acids is 2. The Bertz CT molecular complexity index is 867. The standard InChI is InChI=1S/C18H17ClN4O2S/c1-10(15(24)22-14-7-5-4-6-13(14)19)26-17-12(9-21)18(2,3)11(8-20)16(25)23-17/h4-7,10-11H,1-3H3,(H,22,24)(H,23,25)/t10-,11+/m0/s1. The van der Waals surface area contributed by atoms with Gasteiger partial charge in [0, 0.05) is 5.41 Å². The van der Waals surface area contributed by atoms with Gasteiger partial charge in [-0.1, -0.05) is 49.3 Å². The van der Waals surface area contributed by atoms with E-state index in [9.17, 15) is 20.1 Å². The van der Waals surface area contributed by atoms with E-state index in [-0.39, 0.29) is 11.5 Å². The van der Waals surface area contributed by atoms with Gasteiger partial charge < -0.3 is 10.6 Å². The molecule has 6 nitrogen and oxygen atoms in total. The quantitative estimate of drug-likeness (QED) is 0.821. The second kappa shape index (κ2) is 7.82. The number of nitriles is 2. The van der Waals surface area contributed by atoms with Crippen LogP contribution in [-0.4, -0.2) is 17.1 Å². The fourth-order valence-electron chi connectivity index (χ4n) is 2.54. The molecule has 0 radical (unpaired) electrons. The first-order valence-electron chi connectivity index (χ1n) is 7.79. The molecule has 0 aliphatic carbocycles. The minimum Gasteiger partial charge on any atom is -0.324 e. The zero-order chi connectivity index (χ0) is 19.5. The van der Waals surface area contributed by atoms with Crippen molar-refractivity contribution in [3.63, 3.8) is 0 Å². The second-order valence-corrected chi connectivity index (χ2v) is 8.08. The molecule has 2 N–H and O–H groups in total. The summed E-state index contributed by atoms with van der Waals surface area (Å²) in [6.45, 7) is 5.01. The van der Waals surface area contributed by atoms with Gasteiger partial charge in [0.2, 0.25) is 11.8 Å². The van der Waals surface area contributed by atoms with Gasteiger partial charge in [-0.3, -0.25) is 9.59 Å². The number of amides is 2. The number of allylic oxidation sites excluding steroid dienone is 1. The van der Waals surface area contributed by atoms with E-state index in [0.717, 1.165) is 11.8 Å². The number of rotatable bonds is 4. The Kier molecular flexibility index (Phi) is 5.97. The van der Waals surface area contributed by atoms with Crippen molar-refractivity contribution in [2.45, 2.75) is 26.0 Å². The summed E-state index contributed by atoms with van der Waals surface area (Å²) in [4.78, 5) is 24.6. The van der Waals surface area contributed by atoms with Crippen LogP contribution in [0.15, 0.2) is 34.9 Å². The van der Waals surface area contributed by atoms with E-state index in [1.54, 1.807) is 45.0 Å². The van der Waals surface area contributed by atoms with E-state index in [1.807, 2.05) is 6.07 Å². The Morgan fingerprint density at radius 2 is 2.04 bits per heavy atom. The largest absolute Gasteiger partial charge is 0.324 e. The van der Waals surface area contributed by atoms with Crippen molar-refractivity contribution in [1.29, 1.82) is 10.5 Å². The third-order valence-electron chi connectivity index (χ3n) is 4.13. The summed E-state index contributed by atoms with van der Waals surface area (Å²) >= 11 is 7.10. The van der Waals surface area contributed by atoms with Crippen LogP contribution >= 0.6 is 23.4 Å². The Morgan fingerprint density at radius 1 is 1.38 bits per heavy atom. The van der Waals surface area contributed by atoms with Gasteiger partial charge in [0.15, 0.2) is 0 Å². The molecule has 0 saturated heterocycles. The summed E-state index contributed by atoms with van der Waals surface area (Å²) in [6, 6.07) is 10.9. The van der Waals surface area contributed by atoms with Gasteiger partial charge in [-0.05, 0) is 19.1 Å². The molecular formula is C18H17ClN4O2S. The SMILES string of the molecule is C[C@H](SC1=C(C#N)C(C)(C)[C@H](C#N)C(=O)N1)C(=O)Nc1ccccc1Cl. The lowest BCUT2D eigenvalue weighted by atomic mass is 9.72. The van der Waals surface area contributed by atoms with Crippen molar-refractivity contribution < 1.29 is 9.59 Å². The lowest BCUT2D eigenvalue weighted by Crippen LogP contribution is -2.45. The number of anilines is 1. The molecule has 1 aromatic rings. The highest BCUT2D eigenvalue weighted by Crippen LogP contribution is 2.42. The number of halogens is 1. The minimum atomic E-state index is -0.964. The molecule has 8 heteroatoms. The van der Waals surface area contributed by atoms with Crippen LogP contribution in [0.5, 0.6) is 0 Å². The average Bonchev–Trinajstić information content (AvgIpc) is 2.56. The van der Waals surface area contributed by atoms with Gasteiger partial charge in [0.25, 0.3) is 0 Å². The first-order chi connectivity index (χ1) is 12.2. The first kappa shape index (κ1) is 19.8. The van der Waals surface area contributed by atoms with E-state index in [2.05, 4.69) is 16.7 Å². The van der Waals surface area contributed by atoms with Crippen LogP contribution in [0.1, 0.15) is 20.8 Å². The first-order valence-corrected chi connectivity index (χ1v) is 9.05. The molecule has 1 aliphatic rings. The lowest BCUT2D eigenvalue weighted by Gasteiger charge is -2.35. The molecule has 0 saturated carbocycles. The van der Waals surface area contributed by atoms with E-state index in [1.165, 1.54) is 0 Å². The summed E-state index contributed by atoms with van der Waals surface area (Å²) in [5.41, 5.74) is -0.169. The van der Waals surface area contributed by atoms with Crippen molar-refractivity contribution in [1.82, 2.24) is 5.32 Å². The maximum absolute atomic E-state index is 12.4. The number of nitrogens with one attached hydrogen (secondary N) is 2. The van der Waals surface area contributed by atoms with Crippen molar-refractivity contribution in [3.05, 3.63) is 39.9 Å². The van der Waals surface area contributed by atoms with Gasteiger partial charge in [-0.15, -0.1) is 0 Å². The molecule has 134 valence electrons. The van der Waals surface area contributed by atoms with Crippen molar-refractivity contribution in [3.8, 4) is 12.1 Å². The van der Waals surface area contributed by atoms with Crippen LogP contribution in [0.25, 0.3) is 0 Å². The second-order valence-electron chi connectivity index (χ2n) is 6.32. The molecule has 0 spiro atoms. The molecule has 0 unspecified atom stereocenters. The predicted molar refractivity (Wildman–Crippen MR) is 101 cm³/mol. The van der Waals surface area contributed by atoms with Crippen LogP contribution in [-0.2, 0) is 9.59 Å². The smallest absolute Gasteiger partial charge is 0.243 e. The molecular weight excluding hydrogens is 372 g/mol. The lowest BCUT2D eigenvalue weighted by molar-refractivity contribution is -0.125. The maximum atomic E-state index is 12.4. The molecule has 2 amide bonds. The highest BCUT2D eigenvalue weighted by molar-refractivity contribution is 8.04. The summed E-state index contributed by atoms with van der Waals surface area (Å²) in [7, 11) is 0. The number of nitrogens with zero attached hydrogens (tertiary/aromatic N) is 2. The third kappa shape index (κ3) is 3.85. The molecule has 0 bridgehead atoms. The minimum absolute atomic E-state index is 0.283. The number of benzene rings is 1. The van der Waals surface area contributed by atoms with Gasteiger partial charge in [0.05, 0.1) is 38.7 Å². The molecule has 2 atom stereocenters. The Labute approximate surface area is 161 Å².